The standard InChI is InChI=1S/C17H38O6Si3/c1-11-12-17(15(19)13-18,21-16(20)14(2)3)26(10,22-24(4,5)6)23-25(7,8)9/h15,18-19H,2,11-13H2,1,3-10H3. The van der Waals surface area contributed by atoms with Gasteiger partial charge in [0, 0.05) is 5.57 Å². The highest BCUT2D eigenvalue weighted by Crippen LogP contribution is 2.39. The van der Waals surface area contributed by atoms with Gasteiger partial charge in [0.2, 0.25) is 0 Å². The van der Waals surface area contributed by atoms with E-state index in [2.05, 4.69) is 6.58 Å². The third-order valence-corrected chi connectivity index (χ3v) is 14.0. The fraction of sp³-hybridized carbons (Fsp3) is 0.824. The van der Waals surface area contributed by atoms with Crippen LogP contribution in [0.1, 0.15) is 26.7 Å². The van der Waals surface area contributed by atoms with E-state index in [0.717, 1.165) is 0 Å². The van der Waals surface area contributed by atoms with E-state index in [9.17, 15) is 15.0 Å². The minimum Gasteiger partial charge on any atom is -0.451 e. The number of hydrogen-bond acceptors (Lipinski definition) is 6. The first-order chi connectivity index (χ1) is 11.5. The summed E-state index contributed by atoms with van der Waals surface area (Å²) >= 11 is 0. The lowest BCUT2D eigenvalue weighted by atomic mass is 10.1. The molecule has 2 N–H and O–H groups in total. The van der Waals surface area contributed by atoms with Gasteiger partial charge in [0.05, 0.1) is 6.61 Å². The molecule has 0 saturated carbocycles. The predicted octanol–water partition coefficient (Wildman–Crippen LogP) is 3.31. The van der Waals surface area contributed by atoms with Gasteiger partial charge in [-0.25, -0.2) is 4.79 Å². The van der Waals surface area contributed by atoms with E-state index in [1.54, 1.807) is 6.92 Å². The molecule has 2 unspecified atom stereocenters. The summed E-state index contributed by atoms with van der Waals surface area (Å²) < 4.78 is 18.9. The van der Waals surface area contributed by atoms with Crippen molar-refractivity contribution in [3.05, 3.63) is 12.2 Å². The third kappa shape index (κ3) is 7.02. The Bertz CT molecular complexity index is 482. The van der Waals surface area contributed by atoms with Crippen molar-refractivity contribution in [2.45, 2.75) is 83.8 Å². The average molecular weight is 423 g/mol. The topological polar surface area (TPSA) is 85.2 Å². The van der Waals surface area contributed by atoms with Crippen LogP contribution in [0.3, 0.4) is 0 Å². The Morgan fingerprint density at radius 1 is 1.08 bits per heavy atom. The molecule has 0 fully saturated rings. The van der Waals surface area contributed by atoms with Crippen LogP contribution in [0.25, 0.3) is 0 Å². The van der Waals surface area contributed by atoms with E-state index in [-0.39, 0.29) is 5.57 Å². The van der Waals surface area contributed by atoms with Crippen molar-refractivity contribution in [3.8, 4) is 0 Å². The first-order valence-corrected chi connectivity index (χ1v) is 18.2. The molecular weight excluding hydrogens is 384 g/mol. The van der Waals surface area contributed by atoms with Crippen LogP contribution >= 0.6 is 0 Å². The summed E-state index contributed by atoms with van der Waals surface area (Å²) in [7, 11) is -7.52. The molecule has 9 heteroatoms. The largest absolute Gasteiger partial charge is 0.451 e. The Hall–Kier alpha value is -0.299. The number of aliphatic hydroxyl groups excluding tert-OH is 2. The van der Waals surface area contributed by atoms with Crippen LogP contribution in [0.15, 0.2) is 12.2 Å². The number of carbonyl (C=O) groups is 1. The van der Waals surface area contributed by atoms with Gasteiger partial charge in [0.25, 0.3) is 0 Å². The fourth-order valence-electron chi connectivity index (χ4n) is 3.04. The first kappa shape index (κ1) is 25.7. The van der Waals surface area contributed by atoms with Crippen LogP contribution in [0.2, 0.25) is 45.8 Å². The molecule has 0 rings (SSSR count). The van der Waals surface area contributed by atoms with Gasteiger partial charge in [-0.05, 0) is 59.2 Å². The van der Waals surface area contributed by atoms with E-state index in [0.29, 0.717) is 12.8 Å². The second-order valence-corrected chi connectivity index (χ2v) is 21.7. The van der Waals surface area contributed by atoms with Crippen molar-refractivity contribution < 1.29 is 28.0 Å². The minimum absolute atomic E-state index is 0.230. The molecular formula is C17H38O6Si3. The quantitative estimate of drug-likeness (QED) is 0.302. The smallest absolute Gasteiger partial charge is 0.362 e. The van der Waals surface area contributed by atoms with Gasteiger partial charge in [-0.2, -0.15) is 0 Å². The Morgan fingerprint density at radius 3 is 1.77 bits per heavy atom. The summed E-state index contributed by atoms with van der Waals surface area (Å²) in [6, 6.07) is 0. The van der Waals surface area contributed by atoms with Crippen molar-refractivity contribution in [3.63, 3.8) is 0 Å². The minimum atomic E-state index is -3.28. The van der Waals surface area contributed by atoms with Crippen molar-refractivity contribution in [1.82, 2.24) is 0 Å². The molecule has 0 aliphatic rings. The molecule has 0 aliphatic carbocycles. The van der Waals surface area contributed by atoms with Crippen LogP contribution in [0.4, 0.5) is 0 Å². The summed E-state index contributed by atoms with van der Waals surface area (Å²) in [6.45, 7) is 20.7. The second-order valence-electron chi connectivity index (χ2n) is 8.88. The summed E-state index contributed by atoms with van der Waals surface area (Å²) in [5.41, 5.74) is 0.230. The van der Waals surface area contributed by atoms with Crippen LogP contribution in [-0.4, -0.2) is 59.3 Å². The highest BCUT2D eigenvalue weighted by atomic mass is 28.5. The zero-order valence-electron chi connectivity index (χ0n) is 17.9. The number of hydrogen-bond donors (Lipinski definition) is 2. The van der Waals surface area contributed by atoms with Gasteiger partial charge in [0.15, 0.2) is 21.9 Å². The molecule has 0 spiro atoms. The molecule has 0 aromatic heterocycles. The van der Waals surface area contributed by atoms with E-state index in [1.807, 2.05) is 52.8 Å². The van der Waals surface area contributed by atoms with Crippen LogP contribution in [-0.2, 0) is 17.8 Å². The van der Waals surface area contributed by atoms with Crippen molar-refractivity contribution in [2.24, 2.45) is 0 Å². The number of rotatable bonds is 11. The molecule has 154 valence electrons. The lowest BCUT2D eigenvalue weighted by Crippen LogP contribution is -2.73. The SMILES string of the molecule is C=C(C)C(=O)OC(CCC)(C(O)CO)[Si](C)(O[Si](C)(C)C)O[Si](C)(C)C. The molecule has 0 bridgehead atoms. The highest BCUT2D eigenvalue weighted by Gasteiger charge is 2.63. The van der Waals surface area contributed by atoms with Gasteiger partial charge in [-0.15, -0.1) is 0 Å². The molecule has 0 radical (unpaired) electrons. The fourth-order valence-corrected chi connectivity index (χ4v) is 16.0. The zero-order chi connectivity index (χ0) is 21.0. The van der Waals surface area contributed by atoms with Crippen LogP contribution in [0.5, 0.6) is 0 Å². The van der Waals surface area contributed by atoms with Crippen molar-refractivity contribution in [2.75, 3.05) is 6.61 Å². The van der Waals surface area contributed by atoms with Crippen molar-refractivity contribution in [1.29, 1.82) is 0 Å². The number of esters is 1. The molecule has 0 aromatic rings. The molecule has 6 nitrogen and oxygen atoms in total. The Morgan fingerprint density at radius 2 is 1.50 bits per heavy atom. The van der Waals surface area contributed by atoms with Gasteiger partial charge in [-0.1, -0.05) is 19.9 Å². The highest BCUT2D eigenvalue weighted by molar-refractivity contribution is 6.89. The van der Waals surface area contributed by atoms with Gasteiger partial charge in [0.1, 0.15) is 6.10 Å². The van der Waals surface area contributed by atoms with Gasteiger partial charge >= 0.3 is 14.5 Å². The lowest BCUT2D eigenvalue weighted by molar-refractivity contribution is -0.164. The molecule has 0 aliphatic heterocycles. The summed E-state index contributed by atoms with van der Waals surface area (Å²) in [5.74, 6) is -0.608. The summed E-state index contributed by atoms with van der Waals surface area (Å²) in [5, 5.41) is 19.2. The Labute approximate surface area is 162 Å². The van der Waals surface area contributed by atoms with Crippen molar-refractivity contribution >= 4 is 31.2 Å². The molecule has 0 aromatic carbocycles. The molecule has 2 atom stereocenters. The zero-order valence-corrected chi connectivity index (χ0v) is 20.9. The Kier molecular flexibility index (Phi) is 9.16. The van der Waals surface area contributed by atoms with E-state index >= 15 is 0 Å². The lowest BCUT2D eigenvalue weighted by Gasteiger charge is -2.51. The summed E-state index contributed by atoms with van der Waals surface area (Å²) in [6.07, 6.45) is -0.325. The van der Waals surface area contributed by atoms with Gasteiger partial charge < -0.3 is 23.2 Å². The first-order valence-electron chi connectivity index (χ1n) is 9.11. The Balaban J connectivity index is 6.53. The van der Waals surface area contributed by atoms with E-state index < -0.39 is 49.1 Å². The monoisotopic (exact) mass is 422 g/mol. The number of carbonyl (C=O) groups excluding carboxylic acids is 1. The van der Waals surface area contributed by atoms with E-state index in [1.165, 1.54) is 0 Å². The van der Waals surface area contributed by atoms with Gasteiger partial charge in [-0.3, -0.25) is 0 Å². The molecule has 0 heterocycles. The maximum absolute atomic E-state index is 12.5. The molecule has 26 heavy (non-hydrogen) atoms. The predicted molar refractivity (Wildman–Crippen MR) is 112 cm³/mol. The molecule has 0 saturated heterocycles. The third-order valence-electron chi connectivity index (χ3n) is 3.73. The second kappa shape index (κ2) is 9.26. The maximum Gasteiger partial charge on any atom is 0.362 e. The van der Waals surface area contributed by atoms with Crippen LogP contribution < -0.4 is 0 Å². The van der Waals surface area contributed by atoms with Crippen LogP contribution in [0, 0.1) is 0 Å². The maximum atomic E-state index is 12.5. The summed E-state index contributed by atoms with van der Waals surface area (Å²) in [4.78, 5) is 12.5. The normalized spacial score (nSPS) is 16.7. The number of aliphatic hydroxyl groups is 2. The van der Waals surface area contributed by atoms with E-state index in [4.69, 9.17) is 13.0 Å². The molecule has 0 amide bonds. The number of ether oxygens (including phenoxy) is 1. The average Bonchev–Trinajstić information content (AvgIpc) is 2.41.